The number of piperazine rings is 1. The molecule has 0 aliphatic carbocycles. The predicted octanol–water partition coefficient (Wildman–Crippen LogP) is 1.30. The smallest absolute Gasteiger partial charge is 0.0776 e. The van der Waals surface area contributed by atoms with Crippen molar-refractivity contribution >= 4 is 0 Å². The van der Waals surface area contributed by atoms with Gasteiger partial charge in [0.2, 0.25) is 0 Å². The largest absolute Gasteiger partial charge is 0.297 e. The first-order valence-corrected chi connectivity index (χ1v) is 9.46. The quantitative estimate of drug-likeness (QED) is 0.519. The standard InChI is InChI=1S/C20H18N10/c1-5-25-13(9-21-1)17-18(14-10-22-2-6-26-14)30-20(16-12-24-4-8-28-16)19(29-17)15-11-23-3-7-27-15/h1-12,17-20,29-30H/t17-,18-,19+,20+. The maximum atomic E-state index is 4.53. The first-order chi connectivity index (χ1) is 14.9. The topological polar surface area (TPSA) is 127 Å². The molecule has 5 heterocycles. The maximum absolute atomic E-state index is 4.53. The normalized spacial score (nSPS) is 23.7. The number of rotatable bonds is 4. The molecule has 4 aromatic heterocycles. The van der Waals surface area contributed by atoms with Crippen molar-refractivity contribution in [1.29, 1.82) is 0 Å². The molecular weight excluding hydrogens is 380 g/mol. The van der Waals surface area contributed by atoms with Crippen molar-refractivity contribution in [3.63, 3.8) is 0 Å². The summed E-state index contributed by atoms with van der Waals surface area (Å²) in [5, 5.41) is 7.36. The lowest BCUT2D eigenvalue weighted by atomic mass is 9.90. The molecule has 30 heavy (non-hydrogen) atoms. The third-order valence-corrected chi connectivity index (χ3v) is 4.99. The van der Waals surface area contributed by atoms with Gasteiger partial charge in [0.1, 0.15) is 0 Å². The molecule has 0 aromatic carbocycles. The second-order valence-corrected chi connectivity index (χ2v) is 6.77. The zero-order valence-electron chi connectivity index (χ0n) is 15.8. The highest BCUT2D eigenvalue weighted by molar-refractivity contribution is 5.24. The van der Waals surface area contributed by atoms with Gasteiger partial charge >= 0.3 is 0 Å². The zero-order chi connectivity index (χ0) is 20.2. The third kappa shape index (κ3) is 3.61. The molecule has 0 amide bonds. The maximum Gasteiger partial charge on any atom is 0.0776 e. The van der Waals surface area contributed by atoms with Gasteiger partial charge in [-0.05, 0) is 0 Å². The van der Waals surface area contributed by atoms with Crippen LogP contribution in [0.25, 0.3) is 0 Å². The van der Waals surface area contributed by atoms with Gasteiger partial charge in [0.25, 0.3) is 0 Å². The molecular formula is C20H18N10. The molecule has 10 heteroatoms. The number of nitrogens with one attached hydrogen (secondary N) is 2. The molecule has 1 fully saturated rings. The fraction of sp³-hybridized carbons (Fsp3) is 0.200. The molecule has 148 valence electrons. The highest BCUT2D eigenvalue weighted by atomic mass is 15.2. The van der Waals surface area contributed by atoms with Gasteiger partial charge in [0.15, 0.2) is 0 Å². The summed E-state index contributed by atoms with van der Waals surface area (Å²) in [6, 6.07) is -0.906. The van der Waals surface area contributed by atoms with Crippen LogP contribution in [0.5, 0.6) is 0 Å². The molecule has 0 saturated carbocycles. The van der Waals surface area contributed by atoms with Gasteiger partial charge in [-0.1, -0.05) is 0 Å². The van der Waals surface area contributed by atoms with Crippen molar-refractivity contribution < 1.29 is 0 Å². The summed E-state index contributed by atoms with van der Waals surface area (Å²) in [5.74, 6) is 0. The van der Waals surface area contributed by atoms with Gasteiger partial charge in [-0.15, -0.1) is 0 Å². The molecule has 1 aliphatic heterocycles. The van der Waals surface area contributed by atoms with Crippen LogP contribution < -0.4 is 10.6 Å². The lowest BCUT2D eigenvalue weighted by Crippen LogP contribution is -2.50. The van der Waals surface area contributed by atoms with Crippen LogP contribution in [-0.4, -0.2) is 39.9 Å². The first kappa shape index (κ1) is 18.3. The van der Waals surface area contributed by atoms with Gasteiger partial charge in [-0.2, -0.15) is 0 Å². The molecule has 4 atom stereocenters. The van der Waals surface area contributed by atoms with E-state index < -0.39 is 0 Å². The van der Waals surface area contributed by atoms with E-state index in [-0.39, 0.29) is 24.2 Å². The molecule has 0 radical (unpaired) electrons. The summed E-state index contributed by atoms with van der Waals surface area (Å²) in [5.41, 5.74) is 3.14. The second-order valence-electron chi connectivity index (χ2n) is 6.77. The van der Waals surface area contributed by atoms with Crippen molar-refractivity contribution in [1.82, 2.24) is 50.5 Å². The monoisotopic (exact) mass is 398 g/mol. The van der Waals surface area contributed by atoms with Crippen molar-refractivity contribution in [3.8, 4) is 0 Å². The number of hydrogen-bond donors (Lipinski definition) is 2. The Morgan fingerprint density at radius 2 is 0.667 bits per heavy atom. The van der Waals surface area contributed by atoms with Crippen LogP contribution in [0.2, 0.25) is 0 Å². The summed E-state index contributed by atoms with van der Waals surface area (Å²) < 4.78 is 0. The van der Waals surface area contributed by atoms with Crippen molar-refractivity contribution in [2.24, 2.45) is 0 Å². The minimum Gasteiger partial charge on any atom is -0.297 e. The summed E-state index contributed by atoms with van der Waals surface area (Å²) >= 11 is 0. The van der Waals surface area contributed by atoms with E-state index in [1.807, 2.05) is 0 Å². The molecule has 1 aliphatic rings. The minimum atomic E-state index is -0.227. The van der Waals surface area contributed by atoms with Crippen molar-refractivity contribution in [2.75, 3.05) is 0 Å². The van der Waals surface area contributed by atoms with Gasteiger partial charge in [-0.3, -0.25) is 50.5 Å². The van der Waals surface area contributed by atoms with E-state index >= 15 is 0 Å². The predicted molar refractivity (Wildman–Crippen MR) is 105 cm³/mol. The fourth-order valence-electron chi connectivity index (χ4n) is 3.68. The third-order valence-electron chi connectivity index (χ3n) is 4.99. The van der Waals surface area contributed by atoms with E-state index in [4.69, 9.17) is 0 Å². The Morgan fingerprint density at radius 1 is 0.400 bits per heavy atom. The average Bonchev–Trinajstić information content (AvgIpc) is 2.85. The molecule has 0 spiro atoms. The Labute approximate surface area is 172 Å². The van der Waals surface area contributed by atoms with Gasteiger partial charge in [0.05, 0.1) is 71.7 Å². The van der Waals surface area contributed by atoms with Crippen molar-refractivity contribution in [3.05, 3.63) is 97.1 Å². The minimum absolute atomic E-state index is 0.227. The molecule has 0 unspecified atom stereocenters. The molecule has 2 N–H and O–H groups in total. The molecule has 10 nitrogen and oxygen atoms in total. The lowest BCUT2D eigenvalue weighted by Gasteiger charge is -2.42. The summed E-state index contributed by atoms with van der Waals surface area (Å²) in [4.78, 5) is 35.1. The van der Waals surface area contributed by atoms with Crippen molar-refractivity contribution in [2.45, 2.75) is 24.2 Å². The zero-order valence-corrected chi connectivity index (χ0v) is 15.8. The van der Waals surface area contributed by atoms with Gasteiger partial charge in [0, 0.05) is 49.6 Å². The van der Waals surface area contributed by atoms with Crippen LogP contribution in [0.1, 0.15) is 46.9 Å². The van der Waals surface area contributed by atoms with E-state index in [2.05, 4.69) is 50.5 Å². The van der Waals surface area contributed by atoms with Crippen LogP contribution in [0.4, 0.5) is 0 Å². The van der Waals surface area contributed by atoms with Gasteiger partial charge < -0.3 is 0 Å². The van der Waals surface area contributed by atoms with E-state index in [9.17, 15) is 0 Å². The van der Waals surface area contributed by atoms with Crippen LogP contribution in [0.15, 0.2) is 74.4 Å². The van der Waals surface area contributed by atoms with Crippen LogP contribution in [0, 0.1) is 0 Å². The summed E-state index contributed by atoms with van der Waals surface area (Å²) in [6.45, 7) is 0. The van der Waals surface area contributed by atoms with Crippen LogP contribution in [-0.2, 0) is 0 Å². The highest BCUT2D eigenvalue weighted by Crippen LogP contribution is 2.40. The molecule has 1 saturated heterocycles. The SMILES string of the molecule is c1cnc([C@H]2N[C@@H](c3cnccn3)[C@H](c3cnccn3)N[C@@H]2c2cnccn2)cn1. The van der Waals surface area contributed by atoms with E-state index in [0.29, 0.717) is 0 Å². The summed E-state index contributed by atoms with van der Waals surface area (Å²) in [6.07, 6.45) is 20.3. The van der Waals surface area contributed by atoms with E-state index in [1.54, 1.807) is 74.4 Å². The Morgan fingerprint density at radius 3 is 0.867 bits per heavy atom. The Kier molecular flexibility index (Phi) is 5.06. The first-order valence-electron chi connectivity index (χ1n) is 9.46. The second kappa shape index (κ2) is 8.31. The Hall–Kier alpha value is -3.76. The number of hydrogen-bond acceptors (Lipinski definition) is 10. The highest BCUT2D eigenvalue weighted by Gasteiger charge is 2.41. The average molecular weight is 398 g/mol. The van der Waals surface area contributed by atoms with Gasteiger partial charge in [-0.25, -0.2) is 0 Å². The molecule has 0 bridgehead atoms. The van der Waals surface area contributed by atoms with Crippen LogP contribution >= 0.6 is 0 Å². The van der Waals surface area contributed by atoms with E-state index in [1.165, 1.54) is 0 Å². The Bertz CT molecular complexity index is 890. The molecule has 5 rings (SSSR count). The van der Waals surface area contributed by atoms with Crippen LogP contribution in [0.3, 0.4) is 0 Å². The number of aromatic nitrogens is 8. The lowest BCUT2D eigenvalue weighted by molar-refractivity contribution is 0.199. The number of nitrogens with zero attached hydrogens (tertiary/aromatic N) is 8. The summed E-state index contributed by atoms with van der Waals surface area (Å²) in [7, 11) is 0. The van der Waals surface area contributed by atoms with E-state index in [0.717, 1.165) is 22.8 Å². The Balaban J connectivity index is 1.61. The molecule has 4 aromatic rings. The fourth-order valence-corrected chi connectivity index (χ4v) is 3.68.